The van der Waals surface area contributed by atoms with Crippen molar-refractivity contribution in [2.24, 2.45) is 0 Å². The minimum atomic E-state index is 0.322. The van der Waals surface area contributed by atoms with Gasteiger partial charge in [0.25, 0.3) is 0 Å². The molecule has 1 aromatic heterocycles. The lowest BCUT2D eigenvalue weighted by Gasteiger charge is -2.05. The summed E-state index contributed by atoms with van der Waals surface area (Å²) in [7, 11) is 0. The van der Waals surface area contributed by atoms with Gasteiger partial charge in [-0.25, -0.2) is 0 Å². The number of pyridine rings is 1. The second kappa shape index (κ2) is 3.11. The molecule has 4 heteroatoms. The molecule has 1 aliphatic carbocycles. The minimum Gasteiger partial charge on any atom is -0.487 e. The molecule has 1 heterocycles. The summed E-state index contributed by atoms with van der Waals surface area (Å²) in [6.07, 6.45) is 5.62. The van der Waals surface area contributed by atoms with Gasteiger partial charge in [-0.05, 0) is 12.8 Å². The fourth-order valence-corrected chi connectivity index (χ4v) is 1.14. The monoisotopic (exact) mass is 203 g/mol. The van der Waals surface area contributed by atoms with Crippen LogP contribution in [-0.4, -0.2) is 11.1 Å². The summed E-state index contributed by atoms with van der Waals surface area (Å²) >= 11 is 11.6. The highest BCUT2D eigenvalue weighted by atomic mass is 35.5. The molecule has 0 amide bonds. The van der Waals surface area contributed by atoms with E-state index in [9.17, 15) is 0 Å². The van der Waals surface area contributed by atoms with E-state index >= 15 is 0 Å². The third-order valence-electron chi connectivity index (χ3n) is 1.62. The maximum Gasteiger partial charge on any atom is 0.158 e. The first-order valence-electron chi connectivity index (χ1n) is 3.73. The van der Waals surface area contributed by atoms with Crippen LogP contribution in [0.1, 0.15) is 12.8 Å². The van der Waals surface area contributed by atoms with Gasteiger partial charge in [0.1, 0.15) is 5.02 Å². The quantitative estimate of drug-likeness (QED) is 0.738. The molecule has 0 unspecified atom stereocenters. The lowest BCUT2D eigenvalue weighted by Crippen LogP contribution is -1.96. The first kappa shape index (κ1) is 8.14. The smallest absolute Gasteiger partial charge is 0.158 e. The zero-order chi connectivity index (χ0) is 8.55. The standard InChI is InChI=1S/C8H7Cl2NO/c9-6-3-11-4-7(8(6)10)12-5-1-2-5/h3-5H,1-2H2. The van der Waals surface area contributed by atoms with Crippen molar-refractivity contribution in [1.82, 2.24) is 4.98 Å². The van der Waals surface area contributed by atoms with Crippen molar-refractivity contribution in [2.45, 2.75) is 18.9 Å². The largest absolute Gasteiger partial charge is 0.487 e. The predicted molar refractivity (Wildman–Crippen MR) is 47.9 cm³/mol. The highest BCUT2D eigenvalue weighted by Crippen LogP contribution is 2.34. The Kier molecular flexibility index (Phi) is 2.11. The molecule has 2 rings (SSSR count). The highest BCUT2D eigenvalue weighted by Gasteiger charge is 2.24. The van der Waals surface area contributed by atoms with Gasteiger partial charge < -0.3 is 4.74 Å². The SMILES string of the molecule is Clc1cncc(OC2CC2)c1Cl. The Morgan fingerprint density at radius 2 is 2.08 bits per heavy atom. The summed E-state index contributed by atoms with van der Waals surface area (Å²) in [4.78, 5) is 3.88. The van der Waals surface area contributed by atoms with Gasteiger partial charge >= 0.3 is 0 Å². The third-order valence-corrected chi connectivity index (χ3v) is 2.40. The maximum atomic E-state index is 5.87. The van der Waals surface area contributed by atoms with E-state index in [-0.39, 0.29) is 0 Å². The number of hydrogen-bond donors (Lipinski definition) is 0. The molecule has 0 aromatic carbocycles. The van der Waals surface area contributed by atoms with Crippen molar-refractivity contribution < 1.29 is 4.74 Å². The number of nitrogens with zero attached hydrogens (tertiary/aromatic N) is 1. The van der Waals surface area contributed by atoms with Crippen LogP contribution in [0.3, 0.4) is 0 Å². The first-order chi connectivity index (χ1) is 5.77. The Hall–Kier alpha value is -0.470. The maximum absolute atomic E-state index is 5.87. The van der Waals surface area contributed by atoms with Crippen molar-refractivity contribution >= 4 is 23.2 Å². The van der Waals surface area contributed by atoms with Crippen LogP contribution in [-0.2, 0) is 0 Å². The highest BCUT2D eigenvalue weighted by molar-refractivity contribution is 6.42. The van der Waals surface area contributed by atoms with Crippen LogP contribution in [0.2, 0.25) is 10.0 Å². The van der Waals surface area contributed by atoms with E-state index in [1.165, 1.54) is 6.20 Å². The van der Waals surface area contributed by atoms with Gasteiger partial charge in [-0.15, -0.1) is 0 Å². The lowest BCUT2D eigenvalue weighted by atomic mass is 10.4. The van der Waals surface area contributed by atoms with E-state index in [0.29, 0.717) is 21.9 Å². The predicted octanol–water partition coefficient (Wildman–Crippen LogP) is 2.93. The van der Waals surface area contributed by atoms with Crippen LogP contribution < -0.4 is 4.74 Å². The molecule has 0 saturated heterocycles. The van der Waals surface area contributed by atoms with Crippen molar-refractivity contribution in [3.05, 3.63) is 22.4 Å². The van der Waals surface area contributed by atoms with Gasteiger partial charge in [-0.3, -0.25) is 4.98 Å². The summed E-state index contributed by atoms with van der Waals surface area (Å²) in [5.74, 6) is 0.590. The average molecular weight is 204 g/mol. The van der Waals surface area contributed by atoms with Gasteiger partial charge in [0.05, 0.1) is 17.3 Å². The summed E-state index contributed by atoms with van der Waals surface area (Å²) in [5.41, 5.74) is 0. The zero-order valence-electron chi connectivity index (χ0n) is 6.26. The Morgan fingerprint density at radius 3 is 2.75 bits per heavy atom. The van der Waals surface area contributed by atoms with E-state index in [4.69, 9.17) is 27.9 Å². The molecule has 64 valence electrons. The van der Waals surface area contributed by atoms with E-state index < -0.39 is 0 Å². The molecular formula is C8H7Cl2NO. The number of rotatable bonds is 2. The molecule has 0 spiro atoms. The minimum absolute atomic E-state index is 0.322. The van der Waals surface area contributed by atoms with Gasteiger partial charge in [0.15, 0.2) is 5.75 Å². The Morgan fingerprint density at radius 1 is 1.33 bits per heavy atom. The van der Waals surface area contributed by atoms with Crippen LogP contribution in [0, 0.1) is 0 Å². The van der Waals surface area contributed by atoms with Crippen molar-refractivity contribution in [3.8, 4) is 5.75 Å². The molecule has 1 saturated carbocycles. The van der Waals surface area contributed by atoms with Crippen molar-refractivity contribution in [2.75, 3.05) is 0 Å². The second-order valence-electron chi connectivity index (χ2n) is 2.75. The molecule has 1 aliphatic rings. The number of aromatic nitrogens is 1. The Balaban J connectivity index is 2.23. The van der Waals surface area contributed by atoms with Crippen LogP contribution >= 0.6 is 23.2 Å². The van der Waals surface area contributed by atoms with Gasteiger partial charge in [0, 0.05) is 6.20 Å². The van der Waals surface area contributed by atoms with E-state index in [2.05, 4.69) is 4.98 Å². The fourth-order valence-electron chi connectivity index (χ4n) is 0.849. The molecular weight excluding hydrogens is 197 g/mol. The van der Waals surface area contributed by atoms with Crippen molar-refractivity contribution in [3.63, 3.8) is 0 Å². The van der Waals surface area contributed by atoms with Gasteiger partial charge in [-0.2, -0.15) is 0 Å². The summed E-state index contributed by atoms with van der Waals surface area (Å²) in [6, 6.07) is 0. The third kappa shape index (κ3) is 1.65. The first-order valence-corrected chi connectivity index (χ1v) is 4.48. The van der Waals surface area contributed by atoms with Crippen LogP contribution in [0.15, 0.2) is 12.4 Å². The molecule has 1 fully saturated rings. The molecule has 2 nitrogen and oxygen atoms in total. The van der Waals surface area contributed by atoms with Crippen LogP contribution in [0.25, 0.3) is 0 Å². The fraction of sp³-hybridized carbons (Fsp3) is 0.375. The normalized spacial score (nSPS) is 16.2. The zero-order valence-corrected chi connectivity index (χ0v) is 7.77. The van der Waals surface area contributed by atoms with Gasteiger partial charge in [0.2, 0.25) is 0 Å². The second-order valence-corrected chi connectivity index (χ2v) is 3.54. The number of hydrogen-bond acceptors (Lipinski definition) is 2. The topological polar surface area (TPSA) is 22.1 Å². The van der Waals surface area contributed by atoms with Crippen molar-refractivity contribution in [1.29, 1.82) is 0 Å². The molecule has 0 bridgehead atoms. The van der Waals surface area contributed by atoms with Gasteiger partial charge in [-0.1, -0.05) is 23.2 Å². The van der Waals surface area contributed by atoms with Crippen LogP contribution in [0.4, 0.5) is 0 Å². The Labute approximate surface area is 80.5 Å². The summed E-state index contributed by atoms with van der Waals surface area (Å²) < 4.78 is 5.46. The van der Waals surface area contributed by atoms with Crippen LogP contribution in [0.5, 0.6) is 5.75 Å². The lowest BCUT2D eigenvalue weighted by molar-refractivity contribution is 0.302. The summed E-state index contributed by atoms with van der Waals surface area (Å²) in [5, 5.41) is 0.897. The van der Waals surface area contributed by atoms with E-state index in [0.717, 1.165) is 12.8 Å². The number of ether oxygens (including phenoxy) is 1. The Bertz CT molecular complexity index is 299. The molecule has 12 heavy (non-hydrogen) atoms. The molecule has 1 aromatic rings. The average Bonchev–Trinajstić information content (AvgIpc) is 2.83. The van der Waals surface area contributed by atoms with E-state index in [1.54, 1.807) is 6.20 Å². The molecule has 0 radical (unpaired) electrons. The summed E-state index contributed by atoms with van der Waals surface area (Å²) in [6.45, 7) is 0. The number of halogens is 2. The van der Waals surface area contributed by atoms with E-state index in [1.807, 2.05) is 0 Å². The molecule has 0 N–H and O–H groups in total. The molecule has 0 aliphatic heterocycles. The molecule has 0 atom stereocenters.